The molecule has 0 amide bonds. The molecule has 2 atom stereocenters. The van der Waals surface area contributed by atoms with E-state index in [4.69, 9.17) is 5.73 Å². The van der Waals surface area contributed by atoms with Crippen LogP contribution in [0.1, 0.15) is 24.8 Å². The SMILES string of the molecule is NCCCC1CN(c2ccc(C(F)(F)F)c(-c3[nH]nc4ncccc34)n2)CCC1O. The van der Waals surface area contributed by atoms with Gasteiger partial charge in [-0.1, -0.05) is 0 Å². The number of piperidine rings is 1. The highest BCUT2D eigenvalue weighted by atomic mass is 19.4. The number of aromatic amines is 1. The lowest BCUT2D eigenvalue weighted by Gasteiger charge is -2.37. The van der Waals surface area contributed by atoms with Gasteiger partial charge in [0.25, 0.3) is 0 Å². The number of anilines is 1. The van der Waals surface area contributed by atoms with Gasteiger partial charge < -0.3 is 15.7 Å². The van der Waals surface area contributed by atoms with Gasteiger partial charge in [0.1, 0.15) is 11.5 Å². The molecule has 3 aromatic heterocycles. The van der Waals surface area contributed by atoms with E-state index >= 15 is 0 Å². The molecule has 10 heteroatoms. The number of rotatable bonds is 5. The number of nitrogens with one attached hydrogen (secondary N) is 1. The zero-order chi connectivity index (χ0) is 21.3. The van der Waals surface area contributed by atoms with Crippen molar-refractivity contribution in [2.45, 2.75) is 31.5 Å². The van der Waals surface area contributed by atoms with Crippen LogP contribution in [0.5, 0.6) is 0 Å². The standard InChI is InChI=1S/C20H23F3N6O/c21-20(22,23)14-5-6-16(29-10-7-15(30)12(11-29)3-1-8-24)26-18(14)17-13-4-2-9-25-19(13)28-27-17/h2,4-6,9,12,15,30H,1,3,7-8,10-11,24H2,(H,25,27,28). The minimum Gasteiger partial charge on any atom is -0.393 e. The molecule has 1 saturated heterocycles. The largest absolute Gasteiger partial charge is 0.418 e. The smallest absolute Gasteiger partial charge is 0.393 e. The highest BCUT2D eigenvalue weighted by Gasteiger charge is 2.36. The number of hydrogen-bond donors (Lipinski definition) is 3. The van der Waals surface area contributed by atoms with Gasteiger partial charge in [0.15, 0.2) is 5.65 Å². The van der Waals surface area contributed by atoms with Crippen molar-refractivity contribution < 1.29 is 18.3 Å². The van der Waals surface area contributed by atoms with Crippen molar-refractivity contribution in [3.05, 3.63) is 36.0 Å². The maximum absolute atomic E-state index is 13.7. The van der Waals surface area contributed by atoms with Gasteiger partial charge in [0, 0.05) is 30.6 Å². The van der Waals surface area contributed by atoms with Crippen LogP contribution in [0, 0.1) is 5.92 Å². The zero-order valence-electron chi connectivity index (χ0n) is 16.2. The Morgan fingerprint density at radius 2 is 2.10 bits per heavy atom. The average molecular weight is 420 g/mol. The molecular formula is C20H23F3N6O. The molecule has 4 heterocycles. The Balaban J connectivity index is 1.74. The summed E-state index contributed by atoms with van der Waals surface area (Å²) in [6.07, 6.45) is -1.40. The second kappa shape index (κ2) is 8.19. The predicted octanol–water partition coefficient (Wildman–Crippen LogP) is 2.96. The van der Waals surface area contributed by atoms with Crippen LogP contribution < -0.4 is 10.6 Å². The van der Waals surface area contributed by atoms with Gasteiger partial charge in [0.2, 0.25) is 0 Å². The zero-order valence-corrected chi connectivity index (χ0v) is 16.2. The number of pyridine rings is 2. The Labute approximate surface area is 171 Å². The van der Waals surface area contributed by atoms with E-state index in [2.05, 4.69) is 20.2 Å². The minimum absolute atomic E-state index is 0.00651. The molecule has 4 N–H and O–H groups in total. The molecule has 1 aliphatic heterocycles. The minimum atomic E-state index is -4.57. The third-order valence-electron chi connectivity index (χ3n) is 5.55. The number of H-pyrrole nitrogens is 1. The van der Waals surface area contributed by atoms with Gasteiger partial charge in [0.05, 0.1) is 17.4 Å². The van der Waals surface area contributed by atoms with Crippen LogP contribution in [0.25, 0.3) is 22.4 Å². The van der Waals surface area contributed by atoms with Gasteiger partial charge >= 0.3 is 6.18 Å². The summed E-state index contributed by atoms with van der Waals surface area (Å²) in [6, 6.07) is 5.75. The fraction of sp³-hybridized carbons (Fsp3) is 0.450. The van der Waals surface area contributed by atoms with E-state index in [1.54, 1.807) is 12.1 Å². The predicted molar refractivity (Wildman–Crippen MR) is 107 cm³/mol. The summed E-state index contributed by atoms with van der Waals surface area (Å²) in [5.41, 5.74) is 5.05. The molecule has 160 valence electrons. The number of hydrogen-bond acceptors (Lipinski definition) is 6. The van der Waals surface area contributed by atoms with Gasteiger partial charge in [-0.05, 0) is 50.1 Å². The Morgan fingerprint density at radius 1 is 1.27 bits per heavy atom. The molecule has 1 fully saturated rings. The van der Waals surface area contributed by atoms with Gasteiger partial charge in [-0.3, -0.25) is 5.10 Å². The van der Waals surface area contributed by atoms with Crippen molar-refractivity contribution in [1.82, 2.24) is 20.2 Å². The monoisotopic (exact) mass is 420 g/mol. The van der Waals surface area contributed by atoms with Crippen LogP contribution in [-0.4, -0.2) is 51.0 Å². The number of aliphatic hydroxyl groups is 1. The van der Waals surface area contributed by atoms with E-state index < -0.39 is 17.8 Å². The number of aliphatic hydroxyl groups excluding tert-OH is 1. The number of alkyl halides is 3. The Kier molecular flexibility index (Phi) is 5.61. The maximum Gasteiger partial charge on any atom is 0.418 e. The summed E-state index contributed by atoms with van der Waals surface area (Å²) < 4.78 is 41.2. The summed E-state index contributed by atoms with van der Waals surface area (Å²) in [4.78, 5) is 10.4. The lowest BCUT2D eigenvalue weighted by molar-refractivity contribution is -0.137. The van der Waals surface area contributed by atoms with E-state index in [9.17, 15) is 18.3 Å². The first-order valence-electron chi connectivity index (χ1n) is 9.89. The van der Waals surface area contributed by atoms with E-state index in [0.29, 0.717) is 42.9 Å². The van der Waals surface area contributed by atoms with Crippen molar-refractivity contribution in [1.29, 1.82) is 0 Å². The average Bonchev–Trinajstić information content (AvgIpc) is 3.16. The second-order valence-electron chi connectivity index (χ2n) is 7.53. The normalized spacial score (nSPS) is 20.1. The lowest BCUT2D eigenvalue weighted by Crippen LogP contribution is -2.43. The van der Waals surface area contributed by atoms with Gasteiger partial charge in [-0.2, -0.15) is 18.3 Å². The fourth-order valence-electron chi connectivity index (χ4n) is 3.97. The maximum atomic E-state index is 13.7. The molecule has 30 heavy (non-hydrogen) atoms. The van der Waals surface area contributed by atoms with Crippen molar-refractivity contribution in [2.24, 2.45) is 11.7 Å². The number of aromatic nitrogens is 4. The number of nitrogens with zero attached hydrogens (tertiary/aromatic N) is 4. The molecule has 0 bridgehead atoms. The van der Waals surface area contributed by atoms with Crippen LogP contribution in [-0.2, 0) is 6.18 Å². The highest BCUT2D eigenvalue weighted by molar-refractivity contribution is 5.90. The third-order valence-corrected chi connectivity index (χ3v) is 5.55. The molecule has 1 aliphatic rings. The number of halogens is 3. The molecule has 7 nitrogen and oxygen atoms in total. The third kappa shape index (κ3) is 3.97. The summed E-state index contributed by atoms with van der Waals surface area (Å²) in [6.45, 7) is 1.57. The lowest BCUT2D eigenvalue weighted by atomic mass is 9.90. The van der Waals surface area contributed by atoms with Crippen molar-refractivity contribution in [3.8, 4) is 11.4 Å². The molecule has 3 aromatic rings. The van der Waals surface area contributed by atoms with Gasteiger partial charge in [-0.25, -0.2) is 9.97 Å². The van der Waals surface area contributed by atoms with Crippen molar-refractivity contribution in [3.63, 3.8) is 0 Å². The molecule has 0 radical (unpaired) electrons. The second-order valence-corrected chi connectivity index (χ2v) is 7.53. The highest BCUT2D eigenvalue weighted by Crippen LogP contribution is 2.39. The number of nitrogens with two attached hydrogens (primary N) is 1. The first-order chi connectivity index (χ1) is 14.4. The van der Waals surface area contributed by atoms with Crippen molar-refractivity contribution >= 4 is 16.9 Å². The van der Waals surface area contributed by atoms with Crippen LogP contribution in [0.15, 0.2) is 30.5 Å². The summed E-state index contributed by atoms with van der Waals surface area (Å²) in [5.74, 6) is 0.446. The van der Waals surface area contributed by atoms with Gasteiger partial charge in [-0.15, -0.1) is 0 Å². The Morgan fingerprint density at radius 3 is 2.87 bits per heavy atom. The molecule has 0 saturated carbocycles. The van der Waals surface area contributed by atoms with E-state index in [1.807, 2.05) is 4.90 Å². The first kappa shape index (κ1) is 20.5. The molecule has 4 rings (SSSR count). The van der Waals surface area contributed by atoms with Crippen LogP contribution in [0.4, 0.5) is 19.0 Å². The Bertz CT molecular complexity index is 1020. The Hall–Kier alpha value is -2.72. The molecule has 2 unspecified atom stereocenters. The van der Waals surface area contributed by atoms with E-state index in [-0.39, 0.29) is 17.3 Å². The van der Waals surface area contributed by atoms with E-state index in [0.717, 1.165) is 18.9 Å². The number of fused-ring (bicyclic) bond motifs is 1. The quantitative estimate of drug-likeness (QED) is 0.586. The van der Waals surface area contributed by atoms with Crippen LogP contribution in [0.3, 0.4) is 0 Å². The van der Waals surface area contributed by atoms with Crippen molar-refractivity contribution in [2.75, 3.05) is 24.5 Å². The topological polar surface area (TPSA) is 104 Å². The summed E-state index contributed by atoms with van der Waals surface area (Å²) in [7, 11) is 0. The summed E-state index contributed by atoms with van der Waals surface area (Å²) >= 11 is 0. The molecular weight excluding hydrogens is 397 g/mol. The molecule has 0 aromatic carbocycles. The van der Waals surface area contributed by atoms with Crippen LogP contribution in [0.2, 0.25) is 0 Å². The first-order valence-corrected chi connectivity index (χ1v) is 9.89. The molecule has 0 spiro atoms. The van der Waals surface area contributed by atoms with E-state index in [1.165, 1.54) is 12.3 Å². The fourth-order valence-corrected chi connectivity index (χ4v) is 3.97. The molecule has 0 aliphatic carbocycles. The van der Waals surface area contributed by atoms with Crippen LogP contribution >= 0.6 is 0 Å². The summed E-state index contributed by atoms with van der Waals surface area (Å²) in [5, 5.41) is 17.4.